The second kappa shape index (κ2) is 5.62. The Labute approximate surface area is 127 Å². The molecule has 0 saturated heterocycles. The first kappa shape index (κ1) is 13.7. The second-order valence-corrected chi connectivity index (χ2v) is 5.18. The first-order valence-corrected chi connectivity index (χ1v) is 6.97. The fourth-order valence-electron chi connectivity index (χ4n) is 2.36. The van der Waals surface area contributed by atoms with Gasteiger partial charge in [0.2, 0.25) is 0 Å². The topological polar surface area (TPSA) is 31.2 Å². The zero-order chi connectivity index (χ0) is 14.8. The van der Waals surface area contributed by atoms with E-state index in [1.165, 1.54) is 0 Å². The Bertz CT molecular complexity index is 807. The van der Waals surface area contributed by atoms with Gasteiger partial charge in [0.05, 0.1) is 18.7 Å². The lowest BCUT2D eigenvalue weighted by molar-refractivity contribution is 0.0973. The highest BCUT2D eigenvalue weighted by molar-refractivity contribution is 6.32. The van der Waals surface area contributed by atoms with Crippen LogP contribution in [0.15, 0.2) is 54.7 Å². The van der Waals surface area contributed by atoms with E-state index in [-0.39, 0.29) is 12.3 Å². The van der Waals surface area contributed by atoms with E-state index < -0.39 is 0 Å². The van der Waals surface area contributed by atoms with Gasteiger partial charge in [0.1, 0.15) is 5.75 Å². The van der Waals surface area contributed by atoms with Crippen LogP contribution in [0.4, 0.5) is 0 Å². The van der Waals surface area contributed by atoms with Crippen molar-refractivity contribution in [3.05, 3.63) is 65.3 Å². The maximum atomic E-state index is 12.4. The highest BCUT2D eigenvalue weighted by Gasteiger charge is 2.11. The number of benzene rings is 2. The van der Waals surface area contributed by atoms with Crippen LogP contribution >= 0.6 is 11.6 Å². The lowest BCUT2D eigenvalue weighted by Crippen LogP contribution is -2.09. The first-order valence-electron chi connectivity index (χ1n) is 6.59. The smallest absolute Gasteiger partial charge is 0.182 e. The van der Waals surface area contributed by atoms with E-state index in [0.29, 0.717) is 16.3 Å². The average molecular weight is 300 g/mol. The van der Waals surface area contributed by atoms with Crippen LogP contribution in [0.1, 0.15) is 10.4 Å². The lowest BCUT2D eigenvalue weighted by atomic mass is 10.1. The molecule has 0 aliphatic carbocycles. The highest BCUT2D eigenvalue weighted by Crippen LogP contribution is 2.25. The number of rotatable bonds is 4. The summed E-state index contributed by atoms with van der Waals surface area (Å²) in [6.45, 7) is 0.288. The summed E-state index contributed by atoms with van der Waals surface area (Å²) in [7, 11) is 1.55. The minimum absolute atomic E-state index is 0.0147. The normalized spacial score (nSPS) is 10.8. The van der Waals surface area contributed by atoms with E-state index in [1.807, 2.05) is 41.1 Å². The van der Waals surface area contributed by atoms with Gasteiger partial charge in [-0.15, -0.1) is 0 Å². The number of para-hydroxylation sites is 1. The Morgan fingerprint density at radius 2 is 2.00 bits per heavy atom. The molecule has 0 spiro atoms. The molecule has 0 bridgehead atoms. The van der Waals surface area contributed by atoms with E-state index in [9.17, 15) is 4.79 Å². The minimum Gasteiger partial charge on any atom is -0.495 e. The van der Waals surface area contributed by atoms with Gasteiger partial charge in [-0.2, -0.15) is 0 Å². The molecule has 2 aromatic carbocycles. The molecule has 0 radical (unpaired) electrons. The molecule has 3 nitrogen and oxygen atoms in total. The van der Waals surface area contributed by atoms with Crippen LogP contribution in [0.3, 0.4) is 0 Å². The number of hydrogen-bond donors (Lipinski definition) is 0. The van der Waals surface area contributed by atoms with Crippen LogP contribution < -0.4 is 4.74 Å². The molecule has 0 fully saturated rings. The number of hydrogen-bond acceptors (Lipinski definition) is 2. The monoisotopic (exact) mass is 299 g/mol. The van der Waals surface area contributed by atoms with Crippen molar-refractivity contribution in [2.75, 3.05) is 7.11 Å². The number of Topliss-reactive ketones (excluding diaryl/α,β-unsaturated/α-hetero) is 1. The molecular formula is C17H14ClNO2. The molecular weight excluding hydrogens is 286 g/mol. The van der Waals surface area contributed by atoms with Crippen LogP contribution in [0.5, 0.6) is 5.75 Å². The van der Waals surface area contributed by atoms with Crippen molar-refractivity contribution in [1.29, 1.82) is 0 Å². The van der Waals surface area contributed by atoms with Gasteiger partial charge in [-0.05, 0) is 35.7 Å². The zero-order valence-corrected chi connectivity index (χ0v) is 12.3. The third-order valence-electron chi connectivity index (χ3n) is 3.47. The summed E-state index contributed by atoms with van der Waals surface area (Å²) in [6.07, 6.45) is 1.92. The van der Waals surface area contributed by atoms with Gasteiger partial charge in [-0.1, -0.05) is 29.8 Å². The van der Waals surface area contributed by atoms with E-state index >= 15 is 0 Å². The van der Waals surface area contributed by atoms with E-state index in [4.69, 9.17) is 16.3 Å². The predicted octanol–water partition coefficient (Wildman–Crippen LogP) is 4.19. The van der Waals surface area contributed by atoms with Crippen molar-refractivity contribution >= 4 is 28.3 Å². The Morgan fingerprint density at radius 3 is 2.76 bits per heavy atom. The fraction of sp³-hybridized carbons (Fsp3) is 0.118. The van der Waals surface area contributed by atoms with Crippen LogP contribution in [0.2, 0.25) is 5.02 Å². The van der Waals surface area contributed by atoms with E-state index in [2.05, 4.69) is 0 Å². The molecule has 4 heteroatoms. The molecule has 0 saturated carbocycles. The van der Waals surface area contributed by atoms with Gasteiger partial charge in [-0.3, -0.25) is 4.79 Å². The molecule has 0 unspecified atom stereocenters. The van der Waals surface area contributed by atoms with Gasteiger partial charge in [0.25, 0.3) is 0 Å². The number of ketones is 1. The minimum atomic E-state index is 0.0147. The van der Waals surface area contributed by atoms with E-state index in [1.54, 1.807) is 25.3 Å². The number of halogens is 1. The average Bonchev–Trinajstić information content (AvgIpc) is 2.90. The van der Waals surface area contributed by atoms with Crippen LogP contribution in [0.25, 0.3) is 10.9 Å². The number of carbonyl (C=O) groups excluding carboxylic acids is 1. The molecule has 1 aromatic heterocycles. The summed E-state index contributed by atoms with van der Waals surface area (Å²) in [5.74, 6) is 0.584. The van der Waals surface area contributed by atoms with Crippen LogP contribution in [-0.4, -0.2) is 17.5 Å². The Balaban J connectivity index is 1.88. The number of nitrogens with zero attached hydrogens (tertiary/aromatic N) is 1. The Kier molecular flexibility index (Phi) is 3.67. The van der Waals surface area contributed by atoms with Crippen LogP contribution in [-0.2, 0) is 6.54 Å². The lowest BCUT2D eigenvalue weighted by Gasteiger charge is -2.07. The zero-order valence-electron chi connectivity index (χ0n) is 11.5. The van der Waals surface area contributed by atoms with Crippen molar-refractivity contribution in [2.45, 2.75) is 6.54 Å². The molecule has 0 N–H and O–H groups in total. The fourth-order valence-corrected chi connectivity index (χ4v) is 2.62. The van der Waals surface area contributed by atoms with Crippen molar-refractivity contribution in [3.63, 3.8) is 0 Å². The maximum absolute atomic E-state index is 12.4. The van der Waals surface area contributed by atoms with Crippen molar-refractivity contribution in [3.8, 4) is 5.75 Å². The predicted molar refractivity (Wildman–Crippen MR) is 84.3 cm³/mol. The maximum Gasteiger partial charge on any atom is 0.182 e. The summed E-state index contributed by atoms with van der Waals surface area (Å²) in [6, 6.07) is 15.1. The number of methoxy groups -OCH3 is 1. The molecule has 0 atom stereocenters. The van der Waals surface area contributed by atoms with Gasteiger partial charge in [-0.25, -0.2) is 0 Å². The third-order valence-corrected chi connectivity index (χ3v) is 3.76. The summed E-state index contributed by atoms with van der Waals surface area (Å²) in [5.41, 5.74) is 1.63. The van der Waals surface area contributed by atoms with Crippen molar-refractivity contribution < 1.29 is 9.53 Å². The molecule has 1 heterocycles. The van der Waals surface area contributed by atoms with Gasteiger partial charge in [0, 0.05) is 17.3 Å². The summed E-state index contributed by atoms with van der Waals surface area (Å²) < 4.78 is 7.04. The Hall–Kier alpha value is -2.26. The largest absolute Gasteiger partial charge is 0.495 e. The number of fused-ring (bicyclic) bond motifs is 1. The third kappa shape index (κ3) is 2.65. The molecule has 0 amide bonds. The van der Waals surface area contributed by atoms with Crippen molar-refractivity contribution in [2.24, 2.45) is 0 Å². The molecule has 106 valence electrons. The quantitative estimate of drug-likeness (QED) is 0.677. The molecule has 3 rings (SSSR count). The molecule has 0 aliphatic rings. The van der Waals surface area contributed by atoms with Gasteiger partial charge >= 0.3 is 0 Å². The molecule has 3 aromatic rings. The number of ether oxygens (including phenoxy) is 1. The summed E-state index contributed by atoms with van der Waals surface area (Å²) in [5, 5.41) is 1.57. The van der Waals surface area contributed by atoms with Gasteiger partial charge in [0.15, 0.2) is 5.78 Å². The molecule has 21 heavy (non-hydrogen) atoms. The number of aromatic nitrogens is 1. The summed E-state index contributed by atoms with van der Waals surface area (Å²) >= 11 is 6.07. The van der Waals surface area contributed by atoms with E-state index in [0.717, 1.165) is 10.9 Å². The van der Waals surface area contributed by atoms with Gasteiger partial charge < -0.3 is 9.30 Å². The van der Waals surface area contributed by atoms with Crippen molar-refractivity contribution in [1.82, 2.24) is 4.57 Å². The summed E-state index contributed by atoms with van der Waals surface area (Å²) in [4.78, 5) is 12.4. The standard InChI is InChI=1S/C17H14ClNO2/c1-21-17-7-6-13(10-14(17)18)16(20)11-19-9-8-12-4-2-3-5-15(12)19/h2-10H,11H2,1H3. The highest BCUT2D eigenvalue weighted by atomic mass is 35.5. The second-order valence-electron chi connectivity index (χ2n) is 4.77. The Morgan fingerprint density at radius 1 is 1.19 bits per heavy atom. The number of carbonyl (C=O) groups is 1. The first-order chi connectivity index (χ1) is 10.2. The SMILES string of the molecule is COc1ccc(C(=O)Cn2ccc3ccccc32)cc1Cl. The van der Waals surface area contributed by atoms with Crippen LogP contribution in [0, 0.1) is 0 Å². The molecule has 0 aliphatic heterocycles.